The number of urea groups is 1. The molecular weight excluding hydrogens is 614 g/mol. The summed E-state index contributed by atoms with van der Waals surface area (Å²) in [5, 5.41) is 5.27. The van der Waals surface area contributed by atoms with Gasteiger partial charge in [-0.2, -0.15) is 0 Å². The quantitative estimate of drug-likeness (QED) is 0.209. The molecule has 1 fully saturated rings. The first-order valence-electron chi connectivity index (χ1n) is 10.7. The summed E-state index contributed by atoms with van der Waals surface area (Å²) in [6, 6.07) is 14.6. The highest BCUT2D eigenvalue weighted by Gasteiger charge is 2.34. The molecule has 0 bridgehead atoms. The van der Waals surface area contributed by atoms with Crippen molar-refractivity contribution < 1.29 is 33.1 Å². The highest BCUT2D eigenvalue weighted by molar-refractivity contribution is 9.11. The van der Waals surface area contributed by atoms with Gasteiger partial charge in [-0.1, -0.05) is 18.2 Å². The summed E-state index contributed by atoms with van der Waals surface area (Å²) in [4.78, 5) is 49.9. The third kappa shape index (κ3) is 6.27. The summed E-state index contributed by atoms with van der Waals surface area (Å²) in [5.74, 6) is -0.947. The number of carbonyl (C=O) groups excluding carboxylic acids is 4. The number of esters is 1. The molecule has 0 unspecified atom stereocenters. The van der Waals surface area contributed by atoms with Crippen molar-refractivity contribution in [3.63, 3.8) is 0 Å². The monoisotopic (exact) mass is 631 g/mol. The fraction of sp³-hybridized carbons (Fsp3) is 0.120. The van der Waals surface area contributed by atoms with Crippen molar-refractivity contribution in [1.29, 1.82) is 0 Å². The maximum Gasteiger partial charge on any atom is 0.373 e. The lowest BCUT2D eigenvalue weighted by atomic mass is 10.2. The molecule has 3 aromatic rings. The first-order chi connectivity index (χ1) is 17.7. The van der Waals surface area contributed by atoms with Gasteiger partial charge in [-0.15, -0.1) is 0 Å². The molecule has 2 N–H and O–H groups in total. The van der Waals surface area contributed by atoms with E-state index in [0.717, 1.165) is 4.90 Å². The molecule has 4 amide bonds. The number of rotatable bonds is 8. The van der Waals surface area contributed by atoms with Crippen LogP contribution in [0.25, 0.3) is 6.08 Å². The van der Waals surface area contributed by atoms with Gasteiger partial charge in [0.15, 0.2) is 6.61 Å². The molecule has 10 nitrogen and oxygen atoms in total. The van der Waals surface area contributed by atoms with Gasteiger partial charge in [-0.3, -0.25) is 14.5 Å². The third-order valence-electron chi connectivity index (χ3n) is 5.06. The van der Waals surface area contributed by atoms with Crippen molar-refractivity contribution in [3.8, 4) is 5.75 Å². The number of nitrogens with zero attached hydrogens (tertiary/aromatic N) is 1. The van der Waals surface area contributed by atoms with Crippen LogP contribution in [0.15, 0.2) is 73.7 Å². The molecule has 37 heavy (non-hydrogen) atoms. The van der Waals surface area contributed by atoms with Crippen LogP contribution >= 0.6 is 31.9 Å². The summed E-state index contributed by atoms with van der Waals surface area (Å²) < 4.78 is 16.6. The van der Waals surface area contributed by atoms with Crippen LogP contribution < -0.4 is 15.4 Å². The number of furan rings is 1. The minimum atomic E-state index is -0.663. The van der Waals surface area contributed by atoms with E-state index in [1.807, 2.05) is 18.2 Å². The Hall–Kier alpha value is -3.90. The van der Waals surface area contributed by atoms with Gasteiger partial charge in [-0.05, 0) is 79.9 Å². The first kappa shape index (κ1) is 26.2. The van der Waals surface area contributed by atoms with Gasteiger partial charge in [0.2, 0.25) is 5.76 Å². The normalized spacial score (nSPS) is 14.0. The molecule has 1 aliphatic rings. The Labute approximate surface area is 227 Å². The second-order valence-corrected chi connectivity index (χ2v) is 9.36. The molecule has 190 valence electrons. The molecule has 0 spiro atoms. The number of carbonyl (C=O) groups is 4. The summed E-state index contributed by atoms with van der Waals surface area (Å²) in [6.45, 7) is -0.384. The number of halogens is 2. The van der Waals surface area contributed by atoms with Crippen LogP contribution in [0.3, 0.4) is 0 Å². The van der Waals surface area contributed by atoms with E-state index in [4.69, 9.17) is 9.15 Å². The summed E-state index contributed by atoms with van der Waals surface area (Å²) in [5.41, 5.74) is 1.29. The third-order valence-corrected chi connectivity index (χ3v) is 6.24. The number of hydrogen-bond donors (Lipinski definition) is 2. The second kappa shape index (κ2) is 11.4. The van der Waals surface area contributed by atoms with Gasteiger partial charge in [0, 0.05) is 5.69 Å². The number of nitrogens with one attached hydrogen (secondary N) is 2. The number of ether oxygens (including phenoxy) is 2. The Morgan fingerprint density at radius 2 is 1.78 bits per heavy atom. The lowest BCUT2D eigenvalue weighted by Crippen LogP contribution is -2.30. The summed E-state index contributed by atoms with van der Waals surface area (Å²) in [6.07, 6.45) is 1.50. The van der Waals surface area contributed by atoms with Crippen molar-refractivity contribution in [2.45, 2.75) is 6.54 Å². The topological polar surface area (TPSA) is 127 Å². The van der Waals surface area contributed by atoms with Crippen LogP contribution in [0.5, 0.6) is 5.75 Å². The fourth-order valence-corrected chi connectivity index (χ4v) is 4.82. The number of hydrogen-bond acceptors (Lipinski definition) is 7. The highest BCUT2D eigenvalue weighted by atomic mass is 79.9. The molecule has 0 radical (unpaired) electrons. The molecular formula is C25H19Br2N3O7. The number of amides is 4. The Bertz CT molecular complexity index is 1380. The Balaban J connectivity index is 1.42. The van der Waals surface area contributed by atoms with Crippen LogP contribution in [-0.4, -0.2) is 42.4 Å². The van der Waals surface area contributed by atoms with Crippen molar-refractivity contribution >= 4 is 67.4 Å². The Morgan fingerprint density at radius 3 is 2.46 bits per heavy atom. The Morgan fingerprint density at radius 1 is 1.08 bits per heavy atom. The number of para-hydroxylation sites is 1. The standard InChI is InChI=1S/C25H19Br2N3O7/c1-35-24(33)20-8-7-16(37-20)12-30-23(32)19(29-25(30)34)11-14-9-17(26)22(18(27)10-14)36-13-21(31)28-15-5-3-2-4-6-15/h2-11H,12-13H2,1H3,(H,28,31)(H,29,34)/b19-11-. The molecule has 2 heterocycles. The zero-order valence-electron chi connectivity index (χ0n) is 19.2. The van der Waals surface area contributed by atoms with E-state index in [9.17, 15) is 19.2 Å². The van der Waals surface area contributed by atoms with Crippen molar-refractivity contribution in [2.75, 3.05) is 19.0 Å². The zero-order chi connectivity index (χ0) is 26.5. The lowest BCUT2D eigenvalue weighted by Gasteiger charge is -2.12. The predicted octanol–water partition coefficient (Wildman–Crippen LogP) is 4.70. The molecule has 1 aromatic heterocycles. The predicted molar refractivity (Wildman–Crippen MR) is 140 cm³/mol. The highest BCUT2D eigenvalue weighted by Crippen LogP contribution is 2.35. The van der Waals surface area contributed by atoms with E-state index >= 15 is 0 Å². The smallest absolute Gasteiger partial charge is 0.373 e. The van der Waals surface area contributed by atoms with E-state index in [1.54, 1.807) is 24.3 Å². The van der Waals surface area contributed by atoms with E-state index < -0.39 is 17.9 Å². The fourth-order valence-electron chi connectivity index (χ4n) is 3.37. The first-order valence-corrected chi connectivity index (χ1v) is 12.3. The molecule has 0 saturated carbocycles. The largest absolute Gasteiger partial charge is 0.481 e. The molecule has 4 rings (SSSR count). The average molecular weight is 633 g/mol. The van der Waals surface area contributed by atoms with Crippen LogP contribution in [0.4, 0.5) is 10.5 Å². The maximum atomic E-state index is 12.8. The van der Waals surface area contributed by atoms with Crippen LogP contribution in [-0.2, 0) is 20.9 Å². The van der Waals surface area contributed by atoms with Crippen LogP contribution in [0.2, 0.25) is 0 Å². The SMILES string of the molecule is COC(=O)c1ccc(CN2C(=O)N/C(=C\c3cc(Br)c(OCC(=O)Nc4ccccc4)c(Br)c3)C2=O)o1. The van der Waals surface area contributed by atoms with Crippen molar-refractivity contribution in [2.24, 2.45) is 0 Å². The molecule has 1 saturated heterocycles. The van der Waals surface area contributed by atoms with Gasteiger partial charge in [0.25, 0.3) is 11.8 Å². The van der Waals surface area contributed by atoms with Crippen LogP contribution in [0.1, 0.15) is 21.9 Å². The minimum Gasteiger partial charge on any atom is -0.481 e. The summed E-state index contributed by atoms with van der Waals surface area (Å²) >= 11 is 6.84. The van der Waals surface area contributed by atoms with E-state index in [0.29, 0.717) is 25.9 Å². The van der Waals surface area contributed by atoms with Gasteiger partial charge >= 0.3 is 12.0 Å². The zero-order valence-corrected chi connectivity index (χ0v) is 22.4. The average Bonchev–Trinajstić information content (AvgIpc) is 3.44. The van der Waals surface area contributed by atoms with Crippen LogP contribution in [0, 0.1) is 0 Å². The van der Waals surface area contributed by atoms with Gasteiger partial charge in [0.1, 0.15) is 17.2 Å². The number of methoxy groups -OCH3 is 1. The van der Waals surface area contributed by atoms with E-state index in [-0.39, 0.29) is 36.3 Å². The van der Waals surface area contributed by atoms with Crippen molar-refractivity contribution in [3.05, 3.63) is 86.3 Å². The summed E-state index contributed by atoms with van der Waals surface area (Å²) in [7, 11) is 1.22. The van der Waals surface area contributed by atoms with Gasteiger partial charge in [0.05, 0.1) is 22.6 Å². The lowest BCUT2D eigenvalue weighted by molar-refractivity contribution is -0.123. The molecule has 0 aliphatic carbocycles. The number of imide groups is 1. The van der Waals surface area contributed by atoms with Crippen molar-refractivity contribution in [1.82, 2.24) is 10.2 Å². The molecule has 12 heteroatoms. The van der Waals surface area contributed by atoms with Gasteiger partial charge < -0.3 is 24.5 Å². The molecule has 0 atom stereocenters. The number of anilines is 1. The van der Waals surface area contributed by atoms with E-state index in [1.165, 1.54) is 25.3 Å². The second-order valence-electron chi connectivity index (χ2n) is 7.65. The number of benzene rings is 2. The van der Waals surface area contributed by atoms with Gasteiger partial charge in [-0.25, -0.2) is 9.59 Å². The van der Waals surface area contributed by atoms with E-state index in [2.05, 4.69) is 47.2 Å². The maximum absolute atomic E-state index is 12.8. The Kier molecular flexibility index (Phi) is 8.09. The minimum absolute atomic E-state index is 0.0325. The molecule has 1 aliphatic heterocycles. The molecule has 2 aromatic carbocycles.